The van der Waals surface area contributed by atoms with Gasteiger partial charge in [0.2, 0.25) is 0 Å². The molecule has 1 fully saturated rings. The van der Waals surface area contributed by atoms with Gasteiger partial charge >= 0.3 is 0 Å². The number of halogens is 1. The number of hydrogen-bond donors (Lipinski definition) is 3. The molecule has 1 saturated carbocycles. The summed E-state index contributed by atoms with van der Waals surface area (Å²) in [4.78, 5) is 12.9. The number of aryl methyl sites for hydroxylation is 1. The highest BCUT2D eigenvalue weighted by Crippen LogP contribution is 2.39. The van der Waals surface area contributed by atoms with Crippen molar-refractivity contribution in [1.29, 1.82) is 0 Å². The Morgan fingerprint density at radius 1 is 1.15 bits per heavy atom. The van der Waals surface area contributed by atoms with E-state index in [4.69, 9.17) is 0 Å². The van der Waals surface area contributed by atoms with Gasteiger partial charge in [-0.25, -0.2) is 14.4 Å². The van der Waals surface area contributed by atoms with Crippen molar-refractivity contribution in [3.63, 3.8) is 0 Å². The van der Waals surface area contributed by atoms with Gasteiger partial charge in [-0.3, -0.25) is 10.1 Å². The van der Waals surface area contributed by atoms with E-state index in [1.165, 1.54) is 25.1 Å². The van der Waals surface area contributed by atoms with Crippen LogP contribution < -0.4 is 10.6 Å². The van der Waals surface area contributed by atoms with Crippen molar-refractivity contribution in [2.45, 2.75) is 38.6 Å². The summed E-state index contributed by atoms with van der Waals surface area (Å²) < 4.78 is 13.0. The van der Waals surface area contributed by atoms with Crippen molar-refractivity contribution >= 4 is 17.5 Å². The zero-order valence-electron chi connectivity index (χ0n) is 14.6. The third-order valence-electron chi connectivity index (χ3n) is 4.27. The standard InChI is InChI=1S/C18H20FN7/c1-10(14-6-5-13(19)9-20-14)21-16-8-17(23-11(2)22-16)24-18-7-15(25-26-18)12-3-4-12/h5-10,12H,3-4H2,1-2H3,(H3,21,22,23,24,25,26). The number of aromatic amines is 1. The minimum absolute atomic E-state index is 0.121. The van der Waals surface area contributed by atoms with Gasteiger partial charge in [-0.15, -0.1) is 0 Å². The van der Waals surface area contributed by atoms with Crippen LogP contribution in [0.5, 0.6) is 0 Å². The van der Waals surface area contributed by atoms with Crippen LogP contribution in [0, 0.1) is 12.7 Å². The van der Waals surface area contributed by atoms with E-state index in [-0.39, 0.29) is 11.9 Å². The molecule has 0 aliphatic heterocycles. The van der Waals surface area contributed by atoms with Gasteiger partial charge in [0.1, 0.15) is 23.3 Å². The Bertz CT molecular complexity index is 902. The molecule has 3 aromatic rings. The lowest BCUT2D eigenvalue weighted by Crippen LogP contribution is -2.11. The first-order valence-electron chi connectivity index (χ1n) is 8.63. The SMILES string of the molecule is Cc1nc(Nc2cc(C3CC3)[nH]n2)cc(NC(C)c2ccc(F)cn2)n1. The number of rotatable bonds is 6. The Hall–Kier alpha value is -3.03. The molecule has 7 nitrogen and oxygen atoms in total. The summed E-state index contributed by atoms with van der Waals surface area (Å²) in [7, 11) is 0. The maximum absolute atomic E-state index is 13.0. The average molecular weight is 353 g/mol. The molecule has 8 heteroatoms. The van der Waals surface area contributed by atoms with Gasteiger partial charge < -0.3 is 10.6 Å². The van der Waals surface area contributed by atoms with E-state index in [0.29, 0.717) is 23.4 Å². The first-order valence-corrected chi connectivity index (χ1v) is 8.63. The minimum Gasteiger partial charge on any atom is -0.362 e. The molecule has 1 atom stereocenters. The maximum atomic E-state index is 13.0. The largest absolute Gasteiger partial charge is 0.362 e. The van der Waals surface area contributed by atoms with Crippen molar-refractivity contribution in [2.24, 2.45) is 0 Å². The maximum Gasteiger partial charge on any atom is 0.153 e. The number of nitrogens with one attached hydrogen (secondary N) is 3. The van der Waals surface area contributed by atoms with Gasteiger partial charge in [0.05, 0.1) is 17.9 Å². The van der Waals surface area contributed by atoms with E-state index in [0.717, 1.165) is 17.2 Å². The molecule has 3 heterocycles. The van der Waals surface area contributed by atoms with Crippen LogP contribution in [-0.4, -0.2) is 25.1 Å². The number of H-pyrrole nitrogens is 1. The molecule has 134 valence electrons. The molecular weight excluding hydrogens is 333 g/mol. The van der Waals surface area contributed by atoms with Gasteiger partial charge in [0.25, 0.3) is 0 Å². The van der Waals surface area contributed by atoms with Crippen LogP contribution in [0.1, 0.15) is 48.9 Å². The van der Waals surface area contributed by atoms with Crippen molar-refractivity contribution in [2.75, 3.05) is 10.6 Å². The van der Waals surface area contributed by atoms with E-state index in [9.17, 15) is 4.39 Å². The van der Waals surface area contributed by atoms with Crippen molar-refractivity contribution in [3.05, 3.63) is 53.5 Å². The monoisotopic (exact) mass is 353 g/mol. The molecule has 26 heavy (non-hydrogen) atoms. The lowest BCUT2D eigenvalue weighted by Gasteiger charge is -2.15. The second kappa shape index (κ2) is 6.70. The predicted octanol–water partition coefficient (Wildman–Crippen LogP) is 3.84. The van der Waals surface area contributed by atoms with Crippen molar-refractivity contribution in [1.82, 2.24) is 25.1 Å². The third-order valence-corrected chi connectivity index (χ3v) is 4.27. The molecular formula is C18H20FN7. The Morgan fingerprint density at radius 2 is 1.96 bits per heavy atom. The summed E-state index contributed by atoms with van der Waals surface area (Å²) in [6.45, 7) is 3.78. The molecule has 3 N–H and O–H groups in total. The summed E-state index contributed by atoms with van der Waals surface area (Å²) in [5.41, 5.74) is 1.89. The van der Waals surface area contributed by atoms with E-state index in [1.54, 1.807) is 6.07 Å². The number of aromatic nitrogens is 5. The zero-order valence-corrected chi connectivity index (χ0v) is 14.6. The smallest absolute Gasteiger partial charge is 0.153 e. The lowest BCUT2D eigenvalue weighted by molar-refractivity contribution is 0.617. The van der Waals surface area contributed by atoms with E-state index in [2.05, 4.69) is 35.8 Å². The Balaban J connectivity index is 1.48. The average Bonchev–Trinajstić information content (AvgIpc) is 3.35. The van der Waals surface area contributed by atoms with Crippen LogP contribution in [0.4, 0.5) is 21.8 Å². The zero-order chi connectivity index (χ0) is 18.1. The third kappa shape index (κ3) is 3.79. The predicted molar refractivity (Wildman–Crippen MR) is 96.8 cm³/mol. The van der Waals surface area contributed by atoms with Crippen LogP contribution in [0.25, 0.3) is 0 Å². The first-order chi connectivity index (χ1) is 12.6. The van der Waals surface area contributed by atoms with Gasteiger partial charge in [-0.1, -0.05) is 0 Å². The van der Waals surface area contributed by atoms with Crippen LogP contribution in [0.15, 0.2) is 30.5 Å². The number of anilines is 3. The van der Waals surface area contributed by atoms with E-state index >= 15 is 0 Å². The minimum atomic E-state index is -0.352. The molecule has 0 saturated heterocycles. The topological polar surface area (TPSA) is 91.4 Å². The summed E-state index contributed by atoms with van der Waals surface area (Å²) in [6, 6.07) is 6.77. The highest BCUT2D eigenvalue weighted by atomic mass is 19.1. The van der Waals surface area contributed by atoms with Crippen LogP contribution in [0.3, 0.4) is 0 Å². The van der Waals surface area contributed by atoms with Crippen molar-refractivity contribution < 1.29 is 4.39 Å². The second-order valence-electron chi connectivity index (χ2n) is 6.56. The molecule has 0 spiro atoms. The molecule has 1 aliphatic rings. The van der Waals surface area contributed by atoms with Gasteiger partial charge in [0, 0.05) is 23.7 Å². The van der Waals surface area contributed by atoms with Gasteiger partial charge in [0.15, 0.2) is 5.82 Å². The number of hydrogen-bond acceptors (Lipinski definition) is 6. The quantitative estimate of drug-likeness (QED) is 0.624. The van der Waals surface area contributed by atoms with Crippen LogP contribution in [0.2, 0.25) is 0 Å². The highest BCUT2D eigenvalue weighted by Gasteiger charge is 2.25. The summed E-state index contributed by atoms with van der Waals surface area (Å²) >= 11 is 0. The highest BCUT2D eigenvalue weighted by molar-refractivity contribution is 5.57. The normalized spacial score (nSPS) is 14.9. The van der Waals surface area contributed by atoms with Crippen molar-refractivity contribution in [3.8, 4) is 0 Å². The summed E-state index contributed by atoms with van der Waals surface area (Å²) in [5.74, 6) is 2.96. The fourth-order valence-corrected chi connectivity index (χ4v) is 2.78. The summed E-state index contributed by atoms with van der Waals surface area (Å²) in [6.07, 6.45) is 3.65. The first kappa shape index (κ1) is 16.4. The number of nitrogens with zero attached hydrogens (tertiary/aromatic N) is 4. The Labute approximate surface area is 150 Å². The fourth-order valence-electron chi connectivity index (χ4n) is 2.78. The van der Waals surface area contributed by atoms with Crippen LogP contribution >= 0.6 is 0 Å². The second-order valence-corrected chi connectivity index (χ2v) is 6.56. The molecule has 0 amide bonds. The number of pyridine rings is 1. The molecule has 1 aliphatic carbocycles. The Morgan fingerprint density at radius 3 is 2.69 bits per heavy atom. The van der Waals surface area contributed by atoms with Crippen LogP contribution in [-0.2, 0) is 0 Å². The van der Waals surface area contributed by atoms with Gasteiger partial charge in [-0.05, 0) is 38.8 Å². The fraction of sp³-hybridized carbons (Fsp3) is 0.333. The molecule has 3 aromatic heterocycles. The van der Waals surface area contributed by atoms with E-state index < -0.39 is 0 Å². The Kier molecular flexibility index (Phi) is 4.24. The van der Waals surface area contributed by atoms with Gasteiger partial charge in [-0.2, -0.15) is 5.10 Å². The summed E-state index contributed by atoms with van der Waals surface area (Å²) in [5, 5.41) is 13.8. The molecule has 1 unspecified atom stereocenters. The molecule has 0 aromatic carbocycles. The van der Waals surface area contributed by atoms with E-state index in [1.807, 2.05) is 26.0 Å². The molecule has 0 bridgehead atoms. The molecule has 0 radical (unpaired) electrons. The lowest BCUT2D eigenvalue weighted by atomic mass is 10.2. The molecule has 4 rings (SSSR count).